The molecule has 0 radical (unpaired) electrons. The van der Waals surface area contributed by atoms with E-state index < -0.39 is 6.10 Å². The van der Waals surface area contributed by atoms with Gasteiger partial charge in [-0.25, -0.2) is 0 Å². The Labute approximate surface area is 132 Å². The molecule has 2 heterocycles. The van der Waals surface area contributed by atoms with Crippen molar-refractivity contribution in [3.05, 3.63) is 41.5 Å². The minimum Gasteiger partial charge on any atom is -0.497 e. The molecule has 0 N–H and O–H groups in total. The third-order valence-electron chi connectivity index (χ3n) is 3.94. The van der Waals surface area contributed by atoms with E-state index in [1.165, 1.54) is 7.11 Å². The fourth-order valence-electron chi connectivity index (χ4n) is 2.82. The van der Waals surface area contributed by atoms with E-state index in [0.29, 0.717) is 28.6 Å². The lowest BCUT2D eigenvalue weighted by atomic mass is 10.0. The number of hydrogen-bond donors (Lipinski definition) is 0. The number of hydrogen-bond acceptors (Lipinski definition) is 6. The van der Waals surface area contributed by atoms with Crippen LogP contribution in [0.4, 0.5) is 0 Å². The van der Waals surface area contributed by atoms with E-state index in [1.54, 1.807) is 37.4 Å². The first-order valence-electron chi connectivity index (χ1n) is 7.08. The zero-order valence-electron chi connectivity index (χ0n) is 12.6. The molecule has 2 aliphatic heterocycles. The number of carbonyl (C=O) groups excluding carboxylic acids is 1. The first-order valence-corrected chi connectivity index (χ1v) is 7.08. The van der Waals surface area contributed by atoms with Crippen molar-refractivity contribution in [3.63, 3.8) is 0 Å². The highest BCUT2D eigenvalue weighted by atomic mass is 16.7. The number of methoxy groups -OCH3 is 2. The largest absolute Gasteiger partial charge is 0.497 e. The van der Waals surface area contributed by atoms with Crippen LogP contribution in [0.5, 0.6) is 28.7 Å². The Kier molecular flexibility index (Phi) is 3.04. The molecule has 118 valence electrons. The van der Waals surface area contributed by atoms with Crippen LogP contribution in [0.1, 0.15) is 22.0 Å². The molecule has 0 bridgehead atoms. The SMILES string of the molecule is COc1ccc(C2Oc3cc4c(c(OC)c3C2=O)OCO4)cc1. The van der Waals surface area contributed by atoms with E-state index in [2.05, 4.69) is 0 Å². The molecule has 4 rings (SSSR count). The van der Waals surface area contributed by atoms with Crippen LogP contribution in [0.25, 0.3) is 0 Å². The molecular formula is C17H14O6. The van der Waals surface area contributed by atoms with Crippen LogP contribution in [0, 0.1) is 0 Å². The Hall–Kier alpha value is -2.89. The van der Waals surface area contributed by atoms with Gasteiger partial charge in [0, 0.05) is 11.6 Å². The third kappa shape index (κ3) is 1.98. The number of benzene rings is 2. The first-order chi connectivity index (χ1) is 11.2. The molecule has 0 fully saturated rings. The van der Waals surface area contributed by atoms with Gasteiger partial charge in [-0.2, -0.15) is 0 Å². The highest BCUT2D eigenvalue weighted by Crippen LogP contribution is 2.52. The number of carbonyl (C=O) groups is 1. The topological polar surface area (TPSA) is 63.2 Å². The van der Waals surface area contributed by atoms with Crippen molar-refractivity contribution >= 4 is 5.78 Å². The van der Waals surface area contributed by atoms with Crippen LogP contribution < -0.4 is 23.7 Å². The molecule has 0 spiro atoms. The number of Topliss-reactive ketones (excluding diaryl/α,β-unsaturated/α-hetero) is 1. The van der Waals surface area contributed by atoms with Crippen LogP contribution in [0.2, 0.25) is 0 Å². The first kappa shape index (κ1) is 13.8. The summed E-state index contributed by atoms with van der Waals surface area (Å²) in [7, 11) is 3.08. The Balaban J connectivity index is 1.76. The summed E-state index contributed by atoms with van der Waals surface area (Å²) in [6, 6.07) is 8.86. The summed E-state index contributed by atoms with van der Waals surface area (Å²) < 4.78 is 27.1. The van der Waals surface area contributed by atoms with Gasteiger partial charge in [0.05, 0.1) is 14.2 Å². The van der Waals surface area contributed by atoms with Gasteiger partial charge in [0.1, 0.15) is 17.1 Å². The predicted molar refractivity (Wildman–Crippen MR) is 79.8 cm³/mol. The Bertz CT molecular complexity index is 781. The lowest BCUT2D eigenvalue weighted by Gasteiger charge is -2.10. The molecule has 1 atom stereocenters. The van der Waals surface area contributed by atoms with Gasteiger partial charge in [-0.05, 0) is 12.1 Å². The van der Waals surface area contributed by atoms with Crippen molar-refractivity contribution in [1.29, 1.82) is 0 Å². The number of ether oxygens (including phenoxy) is 5. The Morgan fingerprint density at radius 2 is 1.83 bits per heavy atom. The standard InChI is InChI=1S/C17H14O6/c1-19-10-5-3-9(4-6-10)15-14(18)13-11(23-15)7-12-16(17(13)20-2)22-8-21-12/h3-7,15H,8H2,1-2H3. The average molecular weight is 314 g/mol. The molecule has 6 nitrogen and oxygen atoms in total. The number of rotatable bonds is 3. The van der Waals surface area contributed by atoms with Crippen LogP contribution in [-0.2, 0) is 0 Å². The predicted octanol–water partition coefficient (Wildman–Crippen LogP) is 2.75. The van der Waals surface area contributed by atoms with Crippen molar-refractivity contribution in [2.24, 2.45) is 0 Å². The maximum Gasteiger partial charge on any atom is 0.231 e. The van der Waals surface area contributed by atoms with Gasteiger partial charge < -0.3 is 23.7 Å². The molecule has 0 amide bonds. The van der Waals surface area contributed by atoms with Gasteiger partial charge in [0.25, 0.3) is 0 Å². The molecule has 2 aromatic rings. The molecule has 0 aromatic heterocycles. The van der Waals surface area contributed by atoms with Crippen LogP contribution in [0.15, 0.2) is 30.3 Å². The van der Waals surface area contributed by atoms with E-state index in [9.17, 15) is 4.79 Å². The minimum atomic E-state index is -0.715. The van der Waals surface area contributed by atoms with Crippen LogP contribution in [0.3, 0.4) is 0 Å². The second-order valence-electron chi connectivity index (χ2n) is 5.15. The molecule has 0 saturated carbocycles. The lowest BCUT2D eigenvalue weighted by molar-refractivity contribution is 0.0855. The van der Waals surface area contributed by atoms with Gasteiger partial charge in [-0.1, -0.05) is 12.1 Å². The minimum absolute atomic E-state index is 0.102. The van der Waals surface area contributed by atoms with Gasteiger partial charge in [-0.15, -0.1) is 0 Å². The highest BCUT2D eigenvalue weighted by molar-refractivity contribution is 6.08. The molecule has 0 aliphatic carbocycles. The summed E-state index contributed by atoms with van der Waals surface area (Å²) in [6.07, 6.45) is -0.715. The summed E-state index contributed by atoms with van der Waals surface area (Å²) in [5, 5.41) is 0. The van der Waals surface area contributed by atoms with Crippen molar-refractivity contribution in [2.75, 3.05) is 21.0 Å². The van der Waals surface area contributed by atoms with E-state index in [4.69, 9.17) is 23.7 Å². The van der Waals surface area contributed by atoms with Crippen molar-refractivity contribution in [3.8, 4) is 28.7 Å². The zero-order chi connectivity index (χ0) is 16.0. The van der Waals surface area contributed by atoms with Gasteiger partial charge in [0.2, 0.25) is 18.3 Å². The smallest absolute Gasteiger partial charge is 0.231 e. The van der Waals surface area contributed by atoms with Crippen molar-refractivity contribution in [2.45, 2.75) is 6.10 Å². The number of fused-ring (bicyclic) bond motifs is 2. The maximum atomic E-state index is 12.8. The molecule has 2 aromatic carbocycles. The summed E-state index contributed by atoms with van der Waals surface area (Å²) in [6.45, 7) is 0.102. The second-order valence-corrected chi connectivity index (χ2v) is 5.15. The zero-order valence-corrected chi connectivity index (χ0v) is 12.6. The molecule has 1 unspecified atom stereocenters. The molecule has 0 saturated heterocycles. The van der Waals surface area contributed by atoms with E-state index in [-0.39, 0.29) is 12.6 Å². The lowest BCUT2D eigenvalue weighted by Crippen LogP contribution is -2.11. The average Bonchev–Trinajstić information content (AvgIpc) is 3.18. The van der Waals surface area contributed by atoms with E-state index >= 15 is 0 Å². The van der Waals surface area contributed by atoms with Gasteiger partial charge in [0.15, 0.2) is 17.6 Å². The Morgan fingerprint density at radius 1 is 1.04 bits per heavy atom. The molecule has 23 heavy (non-hydrogen) atoms. The van der Waals surface area contributed by atoms with Crippen molar-refractivity contribution in [1.82, 2.24) is 0 Å². The summed E-state index contributed by atoms with van der Waals surface area (Å²) >= 11 is 0. The van der Waals surface area contributed by atoms with Crippen LogP contribution in [-0.4, -0.2) is 26.8 Å². The monoisotopic (exact) mass is 314 g/mol. The van der Waals surface area contributed by atoms with Crippen molar-refractivity contribution < 1.29 is 28.5 Å². The van der Waals surface area contributed by atoms with Gasteiger partial charge >= 0.3 is 0 Å². The summed E-state index contributed by atoms with van der Waals surface area (Å²) in [5.41, 5.74) is 1.13. The second kappa shape index (κ2) is 5.08. The van der Waals surface area contributed by atoms with Crippen LogP contribution >= 0.6 is 0 Å². The normalized spacial score (nSPS) is 17.7. The molecule has 2 aliphatic rings. The Morgan fingerprint density at radius 3 is 2.52 bits per heavy atom. The fraction of sp³-hybridized carbons (Fsp3) is 0.235. The third-order valence-corrected chi connectivity index (χ3v) is 3.94. The molecular weight excluding hydrogens is 300 g/mol. The van der Waals surface area contributed by atoms with Gasteiger partial charge in [-0.3, -0.25) is 4.79 Å². The summed E-state index contributed by atoms with van der Waals surface area (Å²) in [5.74, 6) is 2.31. The maximum absolute atomic E-state index is 12.8. The van der Waals surface area contributed by atoms with E-state index in [0.717, 1.165) is 11.3 Å². The quantitative estimate of drug-likeness (QED) is 0.868. The summed E-state index contributed by atoms with van der Waals surface area (Å²) in [4.78, 5) is 12.8. The highest BCUT2D eigenvalue weighted by Gasteiger charge is 2.40. The molecule has 6 heteroatoms. The fourth-order valence-corrected chi connectivity index (χ4v) is 2.82. The van der Waals surface area contributed by atoms with E-state index in [1.807, 2.05) is 0 Å². The number of ketones is 1.